The number of imidazole rings is 1. The monoisotopic (exact) mass is 230 g/mol. The Morgan fingerprint density at radius 1 is 1.50 bits per heavy atom. The molecule has 2 heterocycles. The fourth-order valence-electron chi connectivity index (χ4n) is 1.88. The van der Waals surface area contributed by atoms with Gasteiger partial charge in [-0.25, -0.2) is 4.98 Å². The number of thiazole rings is 1. The summed E-state index contributed by atoms with van der Waals surface area (Å²) in [7, 11) is 0. The highest BCUT2D eigenvalue weighted by molar-refractivity contribution is 7.23. The predicted octanol–water partition coefficient (Wildman–Crippen LogP) is 2.60. The van der Waals surface area contributed by atoms with Crippen LogP contribution in [0.1, 0.15) is 11.3 Å². The quantitative estimate of drug-likeness (QED) is 0.634. The Morgan fingerprint density at radius 2 is 2.38 bits per heavy atom. The molecule has 0 aliphatic rings. The van der Waals surface area contributed by atoms with E-state index in [1.165, 1.54) is 4.70 Å². The summed E-state index contributed by atoms with van der Waals surface area (Å²) in [6, 6.07) is 6.12. The SMILES string of the molecule is Cc1cn2c(n1)sc1cc(CC=O)ccc12. The number of aromatic nitrogens is 2. The maximum absolute atomic E-state index is 10.5. The van der Waals surface area contributed by atoms with Crippen molar-refractivity contribution in [3.8, 4) is 0 Å². The van der Waals surface area contributed by atoms with E-state index in [-0.39, 0.29) is 0 Å². The van der Waals surface area contributed by atoms with Crippen LogP contribution in [0.25, 0.3) is 15.2 Å². The van der Waals surface area contributed by atoms with Gasteiger partial charge in [-0.05, 0) is 24.6 Å². The van der Waals surface area contributed by atoms with E-state index < -0.39 is 0 Å². The molecular formula is C12H10N2OS. The molecule has 80 valence electrons. The van der Waals surface area contributed by atoms with Crippen molar-refractivity contribution < 1.29 is 4.79 Å². The van der Waals surface area contributed by atoms with Gasteiger partial charge in [0.2, 0.25) is 0 Å². The van der Waals surface area contributed by atoms with E-state index in [1.54, 1.807) is 11.3 Å². The summed E-state index contributed by atoms with van der Waals surface area (Å²) in [6.07, 6.45) is 3.45. The van der Waals surface area contributed by atoms with Gasteiger partial charge >= 0.3 is 0 Å². The van der Waals surface area contributed by atoms with Gasteiger partial charge < -0.3 is 4.79 Å². The zero-order valence-electron chi connectivity index (χ0n) is 8.80. The zero-order valence-corrected chi connectivity index (χ0v) is 9.62. The van der Waals surface area contributed by atoms with Crippen LogP contribution in [-0.4, -0.2) is 15.7 Å². The molecule has 0 saturated carbocycles. The Bertz CT molecular complexity index is 681. The number of hydrogen-bond donors (Lipinski definition) is 0. The van der Waals surface area contributed by atoms with Gasteiger partial charge in [-0.1, -0.05) is 17.4 Å². The standard InChI is InChI=1S/C12H10N2OS/c1-8-7-14-10-3-2-9(4-5-15)6-11(10)16-12(14)13-8/h2-3,5-7H,4H2,1H3. The zero-order chi connectivity index (χ0) is 11.1. The lowest BCUT2D eigenvalue weighted by molar-refractivity contribution is -0.107. The lowest BCUT2D eigenvalue weighted by atomic mass is 10.1. The maximum Gasteiger partial charge on any atom is 0.194 e. The molecule has 0 N–H and O–H groups in total. The Hall–Kier alpha value is -1.68. The highest BCUT2D eigenvalue weighted by Gasteiger charge is 2.07. The minimum atomic E-state index is 0.481. The fourth-order valence-corrected chi connectivity index (χ4v) is 3.00. The summed E-state index contributed by atoms with van der Waals surface area (Å²) in [5, 5.41) is 0. The molecule has 0 fully saturated rings. The number of nitrogens with zero attached hydrogens (tertiary/aromatic N) is 2. The van der Waals surface area contributed by atoms with E-state index >= 15 is 0 Å². The summed E-state index contributed by atoms with van der Waals surface area (Å²) in [4.78, 5) is 15.9. The minimum absolute atomic E-state index is 0.481. The Morgan fingerprint density at radius 3 is 3.19 bits per heavy atom. The van der Waals surface area contributed by atoms with Gasteiger partial charge in [0.1, 0.15) is 6.29 Å². The lowest BCUT2D eigenvalue weighted by Gasteiger charge is -1.95. The first kappa shape index (κ1) is 9.54. The number of aryl methyl sites for hydroxylation is 1. The molecule has 16 heavy (non-hydrogen) atoms. The molecule has 0 amide bonds. The van der Waals surface area contributed by atoms with Gasteiger partial charge in [-0.3, -0.25) is 4.40 Å². The van der Waals surface area contributed by atoms with Gasteiger partial charge in [0.25, 0.3) is 0 Å². The van der Waals surface area contributed by atoms with E-state index in [9.17, 15) is 4.79 Å². The smallest absolute Gasteiger partial charge is 0.194 e. The molecule has 2 aromatic heterocycles. The van der Waals surface area contributed by atoms with Crippen LogP contribution < -0.4 is 0 Å². The molecule has 3 aromatic rings. The van der Waals surface area contributed by atoms with E-state index in [2.05, 4.69) is 21.5 Å². The molecule has 4 heteroatoms. The van der Waals surface area contributed by atoms with Crippen LogP contribution in [0.5, 0.6) is 0 Å². The highest BCUT2D eigenvalue weighted by Crippen LogP contribution is 2.27. The number of fused-ring (bicyclic) bond motifs is 3. The van der Waals surface area contributed by atoms with Crippen LogP contribution >= 0.6 is 11.3 Å². The van der Waals surface area contributed by atoms with Crippen LogP contribution in [0.15, 0.2) is 24.4 Å². The van der Waals surface area contributed by atoms with Gasteiger partial charge in [0.05, 0.1) is 15.9 Å². The largest absolute Gasteiger partial charge is 0.303 e. The van der Waals surface area contributed by atoms with E-state index in [4.69, 9.17) is 0 Å². The van der Waals surface area contributed by atoms with Gasteiger partial charge in [-0.15, -0.1) is 0 Å². The number of carbonyl (C=O) groups is 1. The van der Waals surface area contributed by atoms with Crippen molar-refractivity contribution in [2.45, 2.75) is 13.3 Å². The van der Waals surface area contributed by atoms with Crippen LogP contribution in [0.4, 0.5) is 0 Å². The average Bonchev–Trinajstić information content (AvgIpc) is 2.73. The number of hydrogen-bond acceptors (Lipinski definition) is 3. The summed E-state index contributed by atoms with van der Waals surface area (Å²) in [6.45, 7) is 1.99. The van der Waals surface area contributed by atoms with Crippen molar-refractivity contribution in [3.63, 3.8) is 0 Å². The third kappa shape index (κ3) is 1.34. The second-order valence-corrected chi connectivity index (χ2v) is 4.82. The number of benzene rings is 1. The van der Waals surface area contributed by atoms with Gasteiger partial charge in [0.15, 0.2) is 4.96 Å². The molecule has 0 spiro atoms. The van der Waals surface area contributed by atoms with E-state index in [0.717, 1.165) is 28.0 Å². The Labute approximate surface area is 96.3 Å². The first-order valence-electron chi connectivity index (χ1n) is 5.09. The maximum atomic E-state index is 10.5. The summed E-state index contributed by atoms with van der Waals surface area (Å²) < 4.78 is 3.28. The summed E-state index contributed by atoms with van der Waals surface area (Å²) in [5.74, 6) is 0. The van der Waals surface area contributed by atoms with Gasteiger partial charge in [-0.2, -0.15) is 0 Å². The molecule has 0 bridgehead atoms. The molecule has 3 nitrogen and oxygen atoms in total. The molecule has 0 atom stereocenters. The predicted molar refractivity (Wildman–Crippen MR) is 65.1 cm³/mol. The first-order valence-corrected chi connectivity index (χ1v) is 5.90. The molecular weight excluding hydrogens is 220 g/mol. The number of carbonyl (C=O) groups excluding carboxylic acids is 1. The molecule has 0 aliphatic heterocycles. The fraction of sp³-hybridized carbons (Fsp3) is 0.167. The summed E-state index contributed by atoms with van der Waals surface area (Å²) >= 11 is 1.66. The third-order valence-electron chi connectivity index (χ3n) is 2.60. The minimum Gasteiger partial charge on any atom is -0.303 e. The average molecular weight is 230 g/mol. The van der Waals surface area contributed by atoms with Crippen LogP contribution in [0, 0.1) is 6.92 Å². The normalized spacial score (nSPS) is 11.3. The van der Waals surface area contributed by atoms with Crippen molar-refractivity contribution in [1.29, 1.82) is 0 Å². The van der Waals surface area contributed by atoms with E-state index in [0.29, 0.717) is 6.42 Å². The molecule has 1 aromatic carbocycles. The molecule has 0 unspecified atom stereocenters. The van der Waals surface area contributed by atoms with E-state index in [1.807, 2.05) is 19.2 Å². The number of aldehydes is 1. The van der Waals surface area contributed by atoms with Gasteiger partial charge in [0, 0.05) is 12.6 Å². The number of rotatable bonds is 2. The topological polar surface area (TPSA) is 34.4 Å². The van der Waals surface area contributed by atoms with Crippen molar-refractivity contribution in [3.05, 3.63) is 35.7 Å². The Balaban J connectivity index is 2.29. The second kappa shape index (κ2) is 3.42. The van der Waals surface area contributed by atoms with Crippen molar-refractivity contribution >= 4 is 32.8 Å². The van der Waals surface area contributed by atoms with Crippen molar-refractivity contribution in [1.82, 2.24) is 9.38 Å². The van der Waals surface area contributed by atoms with Crippen LogP contribution in [-0.2, 0) is 11.2 Å². The Kier molecular flexibility index (Phi) is 2.04. The van der Waals surface area contributed by atoms with Crippen LogP contribution in [0.3, 0.4) is 0 Å². The molecule has 3 rings (SSSR count). The van der Waals surface area contributed by atoms with Crippen molar-refractivity contribution in [2.24, 2.45) is 0 Å². The first-order chi connectivity index (χ1) is 7.78. The second-order valence-electron chi connectivity index (χ2n) is 3.81. The van der Waals surface area contributed by atoms with Crippen LogP contribution in [0.2, 0.25) is 0 Å². The lowest BCUT2D eigenvalue weighted by Crippen LogP contribution is -1.85. The highest BCUT2D eigenvalue weighted by atomic mass is 32.1. The summed E-state index contributed by atoms with van der Waals surface area (Å²) in [5.41, 5.74) is 3.25. The van der Waals surface area contributed by atoms with Crippen molar-refractivity contribution in [2.75, 3.05) is 0 Å². The third-order valence-corrected chi connectivity index (χ3v) is 3.62. The molecule has 0 aliphatic carbocycles. The molecule has 0 saturated heterocycles. The molecule has 0 radical (unpaired) electrons.